The fraction of sp³-hybridized carbons (Fsp3) is 0.103. The van der Waals surface area contributed by atoms with Gasteiger partial charge in [-0.15, -0.1) is 0 Å². The van der Waals surface area contributed by atoms with Crippen molar-refractivity contribution >= 4 is 6.08 Å². The summed E-state index contributed by atoms with van der Waals surface area (Å²) >= 11 is 0. The Hall–Kier alpha value is -3.42. The number of hydrogen-bond donors (Lipinski definition) is 0. The van der Waals surface area contributed by atoms with Gasteiger partial charge < -0.3 is 0 Å². The van der Waals surface area contributed by atoms with Crippen LogP contribution in [0, 0.1) is 0 Å². The summed E-state index contributed by atoms with van der Waals surface area (Å²) in [5.41, 5.74) is 5.17. The second-order valence-corrected chi connectivity index (χ2v) is 7.50. The molecule has 0 amide bonds. The van der Waals surface area contributed by atoms with Crippen LogP contribution in [0.25, 0.3) is 6.08 Å². The van der Waals surface area contributed by atoms with E-state index in [9.17, 15) is 0 Å². The second-order valence-electron chi connectivity index (χ2n) is 7.50. The van der Waals surface area contributed by atoms with Crippen LogP contribution in [0.5, 0.6) is 0 Å². The van der Waals surface area contributed by atoms with E-state index in [2.05, 4.69) is 138 Å². The standard InChI is InChI=1S/C29H27N/c1-5-13-25(14-6-1)21-22-29(28-19-11-4-12-20-28)30(23-26-15-7-2-8-16-26)24-27-17-9-3-10-18-27/h1-22,29H,23-24H2/b22-21+/t29-/m1/s1. The van der Waals surface area contributed by atoms with Crippen LogP contribution in [0.3, 0.4) is 0 Å². The lowest BCUT2D eigenvalue weighted by Gasteiger charge is -2.30. The molecule has 1 atom stereocenters. The van der Waals surface area contributed by atoms with Crippen molar-refractivity contribution in [2.24, 2.45) is 0 Å². The van der Waals surface area contributed by atoms with E-state index in [0.717, 1.165) is 13.1 Å². The van der Waals surface area contributed by atoms with Gasteiger partial charge in [-0.25, -0.2) is 0 Å². The molecular weight excluding hydrogens is 362 g/mol. The minimum atomic E-state index is 0.173. The van der Waals surface area contributed by atoms with Crippen molar-refractivity contribution in [3.05, 3.63) is 150 Å². The largest absolute Gasteiger partial charge is 0.284 e. The highest BCUT2D eigenvalue weighted by Crippen LogP contribution is 2.27. The molecule has 0 aromatic heterocycles. The molecule has 0 N–H and O–H groups in total. The van der Waals surface area contributed by atoms with E-state index < -0.39 is 0 Å². The molecule has 0 saturated heterocycles. The molecule has 0 aliphatic rings. The van der Waals surface area contributed by atoms with Crippen molar-refractivity contribution < 1.29 is 0 Å². The molecule has 0 bridgehead atoms. The first-order valence-electron chi connectivity index (χ1n) is 10.5. The third-order valence-corrected chi connectivity index (χ3v) is 5.26. The summed E-state index contributed by atoms with van der Waals surface area (Å²) in [4.78, 5) is 2.54. The molecule has 0 aliphatic carbocycles. The van der Waals surface area contributed by atoms with Crippen LogP contribution >= 0.6 is 0 Å². The van der Waals surface area contributed by atoms with Crippen molar-refractivity contribution in [3.8, 4) is 0 Å². The third kappa shape index (κ3) is 5.56. The molecular formula is C29H27N. The van der Waals surface area contributed by atoms with E-state index in [0.29, 0.717) is 0 Å². The van der Waals surface area contributed by atoms with Gasteiger partial charge in [-0.05, 0) is 22.3 Å². The van der Waals surface area contributed by atoms with E-state index in [4.69, 9.17) is 0 Å². The summed E-state index contributed by atoms with van der Waals surface area (Å²) in [7, 11) is 0. The predicted molar refractivity (Wildman–Crippen MR) is 127 cm³/mol. The van der Waals surface area contributed by atoms with Gasteiger partial charge in [0.2, 0.25) is 0 Å². The highest BCUT2D eigenvalue weighted by molar-refractivity contribution is 5.50. The molecule has 1 nitrogen and oxygen atoms in total. The van der Waals surface area contributed by atoms with Crippen LogP contribution < -0.4 is 0 Å². The van der Waals surface area contributed by atoms with Gasteiger partial charge in [-0.1, -0.05) is 133 Å². The van der Waals surface area contributed by atoms with Gasteiger partial charge in [0, 0.05) is 13.1 Å². The van der Waals surface area contributed by atoms with Crippen LogP contribution in [0.2, 0.25) is 0 Å². The van der Waals surface area contributed by atoms with Crippen molar-refractivity contribution in [3.63, 3.8) is 0 Å². The average molecular weight is 390 g/mol. The van der Waals surface area contributed by atoms with Gasteiger partial charge in [0.1, 0.15) is 0 Å². The van der Waals surface area contributed by atoms with Gasteiger partial charge in [0.25, 0.3) is 0 Å². The van der Waals surface area contributed by atoms with Gasteiger partial charge in [0.15, 0.2) is 0 Å². The molecule has 4 rings (SSSR count). The van der Waals surface area contributed by atoms with Crippen LogP contribution in [0.15, 0.2) is 127 Å². The van der Waals surface area contributed by atoms with Crippen LogP contribution in [0.1, 0.15) is 28.3 Å². The molecule has 4 aromatic rings. The molecule has 148 valence electrons. The summed E-state index contributed by atoms with van der Waals surface area (Å²) in [6.07, 6.45) is 4.57. The minimum absolute atomic E-state index is 0.173. The van der Waals surface area contributed by atoms with Crippen molar-refractivity contribution in [2.75, 3.05) is 0 Å². The minimum Gasteiger partial charge on any atom is -0.284 e. The summed E-state index contributed by atoms with van der Waals surface area (Å²) in [6.45, 7) is 1.77. The first kappa shape index (κ1) is 19.9. The van der Waals surface area contributed by atoms with E-state index in [1.807, 2.05) is 0 Å². The zero-order valence-corrected chi connectivity index (χ0v) is 17.1. The molecule has 0 spiro atoms. The fourth-order valence-electron chi connectivity index (χ4n) is 3.75. The first-order chi connectivity index (χ1) is 14.9. The van der Waals surface area contributed by atoms with Gasteiger partial charge in [0.05, 0.1) is 6.04 Å². The topological polar surface area (TPSA) is 3.24 Å². The lowest BCUT2D eigenvalue weighted by molar-refractivity contribution is 0.213. The van der Waals surface area contributed by atoms with Gasteiger partial charge in [-0.2, -0.15) is 0 Å². The number of rotatable bonds is 8. The Morgan fingerprint density at radius 1 is 0.533 bits per heavy atom. The number of nitrogens with zero attached hydrogens (tertiary/aromatic N) is 1. The Labute approximate surface area is 179 Å². The molecule has 0 saturated carbocycles. The van der Waals surface area contributed by atoms with Crippen molar-refractivity contribution in [1.82, 2.24) is 4.90 Å². The highest BCUT2D eigenvalue weighted by Gasteiger charge is 2.18. The average Bonchev–Trinajstić information content (AvgIpc) is 2.82. The SMILES string of the molecule is C(=C\[C@H](c1ccccc1)N(Cc1ccccc1)Cc1ccccc1)/c1ccccc1. The van der Waals surface area contributed by atoms with Gasteiger partial charge >= 0.3 is 0 Å². The fourth-order valence-corrected chi connectivity index (χ4v) is 3.75. The Morgan fingerprint density at radius 3 is 1.47 bits per heavy atom. The molecule has 0 fully saturated rings. The maximum absolute atomic E-state index is 2.54. The maximum Gasteiger partial charge on any atom is 0.0541 e. The zero-order chi connectivity index (χ0) is 20.4. The molecule has 0 radical (unpaired) electrons. The molecule has 0 heterocycles. The summed E-state index contributed by atoms with van der Waals surface area (Å²) in [6, 6.07) is 43.0. The van der Waals surface area contributed by atoms with Crippen molar-refractivity contribution in [2.45, 2.75) is 19.1 Å². The smallest absolute Gasteiger partial charge is 0.0541 e. The molecule has 0 aliphatic heterocycles. The van der Waals surface area contributed by atoms with Crippen molar-refractivity contribution in [1.29, 1.82) is 0 Å². The molecule has 30 heavy (non-hydrogen) atoms. The Balaban J connectivity index is 1.70. The van der Waals surface area contributed by atoms with E-state index in [1.54, 1.807) is 0 Å². The summed E-state index contributed by atoms with van der Waals surface area (Å²) < 4.78 is 0. The quantitative estimate of drug-likeness (QED) is 0.309. The van der Waals surface area contributed by atoms with Crippen LogP contribution in [-0.4, -0.2) is 4.90 Å². The monoisotopic (exact) mass is 389 g/mol. The second kappa shape index (κ2) is 10.4. The summed E-state index contributed by atoms with van der Waals surface area (Å²) in [5.74, 6) is 0. The normalized spacial score (nSPS) is 12.3. The van der Waals surface area contributed by atoms with E-state index in [1.165, 1.54) is 22.3 Å². The zero-order valence-electron chi connectivity index (χ0n) is 17.1. The van der Waals surface area contributed by atoms with E-state index in [-0.39, 0.29) is 6.04 Å². The number of hydrogen-bond acceptors (Lipinski definition) is 1. The first-order valence-corrected chi connectivity index (χ1v) is 10.5. The Morgan fingerprint density at radius 2 is 0.967 bits per heavy atom. The Bertz CT molecular complexity index is 983. The molecule has 0 unspecified atom stereocenters. The van der Waals surface area contributed by atoms with Crippen LogP contribution in [-0.2, 0) is 13.1 Å². The van der Waals surface area contributed by atoms with E-state index >= 15 is 0 Å². The highest BCUT2D eigenvalue weighted by atomic mass is 15.1. The Kier molecular flexibility index (Phi) is 6.88. The van der Waals surface area contributed by atoms with Gasteiger partial charge in [-0.3, -0.25) is 4.90 Å². The lowest BCUT2D eigenvalue weighted by atomic mass is 10.0. The number of benzene rings is 4. The van der Waals surface area contributed by atoms with Crippen LogP contribution in [0.4, 0.5) is 0 Å². The maximum atomic E-state index is 2.54. The third-order valence-electron chi connectivity index (χ3n) is 5.26. The predicted octanol–water partition coefficient (Wildman–Crippen LogP) is 7.14. The molecule has 1 heteroatoms. The summed E-state index contributed by atoms with van der Waals surface area (Å²) in [5, 5.41) is 0. The lowest BCUT2D eigenvalue weighted by Crippen LogP contribution is -2.27. The molecule has 4 aromatic carbocycles.